The van der Waals surface area contributed by atoms with Crippen molar-refractivity contribution in [2.24, 2.45) is 0 Å². The van der Waals surface area contributed by atoms with E-state index in [0.717, 1.165) is 12.0 Å². The summed E-state index contributed by atoms with van der Waals surface area (Å²) in [7, 11) is 0. The van der Waals surface area contributed by atoms with Gasteiger partial charge in [0.25, 0.3) is 0 Å². The lowest BCUT2D eigenvalue weighted by Gasteiger charge is -2.26. The molecule has 0 radical (unpaired) electrons. The molecule has 3 heteroatoms. The van der Waals surface area contributed by atoms with Crippen LogP contribution in [0.3, 0.4) is 0 Å². The Morgan fingerprint density at radius 1 is 1.44 bits per heavy atom. The Morgan fingerprint density at radius 2 is 2.28 bits per heavy atom. The summed E-state index contributed by atoms with van der Waals surface area (Å²) in [6.07, 6.45) is 7.05. The summed E-state index contributed by atoms with van der Waals surface area (Å²) in [5.74, 6) is -0.138. The molecule has 0 aromatic heterocycles. The monoisotopic (exact) mass is 267 g/mol. The minimum atomic E-state index is -0.138. The van der Waals surface area contributed by atoms with Gasteiger partial charge in [-0.05, 0) is 43.2 Å². The number of rotatable bonds is 5. The molecule has 0 aliphatic heterocycles. The van der Waals surface area contributed by atoms with Crippen molar-refractivity contribution in [2.75, 3.05) is 6.26 Å². The summed E-state index contributed by atoms with van der Waals surface area (Å²) in [6.45, 7) is 2.16. The summed E-state index contributed by atoms with van der Waals surface area (Å²) < 4.78 is 13.3. The van der Waals surface area contributed by atoms with Crippen molar-refractivity contribution in [1.29, 1.82) is 0 Å². The Morgan fingerprint density at radius 3 is 2.94 bits per heavy atom. The fourth-order valence-electron chi connectivity index (χ4n) is 2.83. The highest BCUT2D eigenvalue weighted by molar-refractivity contribution is 7.99. The molecule has 1 aromatic carbocycles. The molecule has 1 aromatic rings. The molecule has 1 nitrogen and oxygen atoms in total. The summed E-state index contributed by atoms with van der Waals surface area (Å²) in [5.41, 5.74) is 1.07. The van der Waals surface area contributed by atoms with Crippen LogP contribution in [0.25, 0.3) is 0 Å². The zero-order chi connectivity index (χ0) is 13.0. The number of thioether (sulfide) groups is 1. The second kappa shape index (κ2) is 6.58. The topological polar surface area (TPSA) is 12.0 Å². The molecule has 0 heterocycles. The molecular weight excluding hydrogens is 245 g/mol. The lowest BCUT2D eigenvalue weighted by molar-refractivity contribution is 0.434. The fraction of sp³-hybridized carbons (Fsp3) is 0.600. The lowest BCUT2D eigenvalue weighted by atomic mass is 10.0. The van der Waals surface area contributed by atoms with Gasteiger partial charge in [-0.1, -0.05) is 25.5 Å². The first-order valence-corrected chi connectivity index (χ1v) is 8.07. The second-order valence-electron chi connectivity index (χ2n) is 4.99. The molecule has 1 aliphatic carbocycles. The Bertz CT molecular complexity index is 383. The maximum absolute atomic E-state index is 13.3. The molecule has 18 heavy (non-hydrogen) atoms. The van der Waals surface area contributed by atoms with E-state index < -0.39 is 0 Å². The van der Waals surface area contributed by atoms with Crippen LogP contribution in [0.1, 0.15) is 44.2 Å². The Kier molecular flexibility index (Phi) is 5.07. The van der Waals surface area contributed by atoms with Crippen LogP contribution in [0, 0.1) is 5.82 Å². The maximum Gasteiger partial charge on any atom is 0.123 e. The van der Waals surface area contributed by atoms with E-state index in [9.17, 15) is 4.39 Å². The maximum atomic E-state index is 13.3. The van der Waals surface area contributed by atoms with Crippen molar-refractivity contribution in [3.05, 3.63) is 35.6 Å². The van der Waals surface area contributed by atoms with Crippen LogP contribution in [0.2, 0.25) is 0 Å². The highest BCUT2D eigenvalue weighted by Crippen LogP contribution is 2.31. The van der Waals surface area contributed by atoms with Gasteiger partial charge in [0, 0.05) is 17.3 Å². The molecule has 1 fully saturated rings. The molecule has 1 aliphatic rings. The van der Waals surface area contributed by atoms with Gasteiger partial charge in [0.15, 0.2) is 0 Å². The minimum absolute atomic E-state index is 0.138. The quantitative estimate of drug-likeness (QED) is 0.860. The van der Waals surface area contributed by atoms with Gasteiger partial charge in [-0.25, -0.2) is 4.39 Å². The molecule has 1 saturated carbocycles. The van der Waals surface area contributed by atoms with Crippen molar-refractivity contribution < 1.29 is 4.39 Å². The molecule has 3 unspecified atom stereocenters. The van der Waals surface area contributed by atoms with Gasteiger partial charge >= 0.3 is 0 Å². The zero-order valence-electron chi connectivity index (χ0n) is 11.2. The SMILES string of the molecule is CCC(NC1CCCC1SC)c1cccc(F)c1. The van der Waals surface area contributed by atoms with Crippen molar-refractivity contribution in [1.82, 2.24) is 5.32 Å². The van der Waals surface area contributed by atoms with E-state index in [1.807, 2.05) is 17.8 Å². The number of benzene rings is 1. The molecule has 0 saturated heterocycles. The molecule has 0 amide bonds. The van der Waals surface area contributed by atoms with Gasteiger partial charge in [0.1, 0.15) is 5.82 Å². The van der Waals surface area contributed by atoms with Gasteiger partial charge in [0.2, 0.25) is 0 Å². The minimum Gasteiger partial charge on any atom is -0.306 e. The Hall–Kier alpha value is -0.540. The van der Waals surface area contributed by atoms with Gasteiger partial charge in [-0.15, -0.1) is 0 Å². The summed E-state index contributed by atoms with van der Waals surface area (Å²) in [5, 5.41) is 4.44. The largest absolute Gasteiger partial charge is 0.306 e. The van der Waals surface area contributed by atoms with Gasteiger partial charge in [0.05, 0.1) is 0 Å². The summed E-state index contributed by atoms with van der Waals surface area (Å²) in [6, 6.07) is 7.84. The van der Waals surface area contributed by atoms with Gasteiger partial charge < -0.3 is 5.32 Å². The van der Waals surface area contributed by atoms with Crippen molar-refractivity contribution in [3.8, 4) is 0 Å². The molecule has 1 N–H and O–H groups in total. The zero-order valence-corrected chi connectivity index (χ0v) is 12.0. The van der Waals surface area contributed by atoms with E-state index in [1.165, 1.54) is 25.3 Å². The fourth-order valence-corrected chi connectivity index (χ4v) is 3.78. The number of hydrogen-bond acceptors (Lipinski definition) is 2. The third-order valence-corrected chi connectivity index (χ3v) is 5.00. The predicted molar refractivity (Wildman–Crippen MR) is 77.5 cm³/mol. The Balaban J connectivity index is 2.05. The Labute approximate surface area is 114 Å². The van der Waals surface area contributed by atoms with Crippen molar-refractivity contribution in [3.63, 3.8) is 0 Å². The van der Waals surface area contributed by atoms with Gasteiger partial charge in [-0.2, -0.15) is 11.8 Å². The number of hydrogen-bond donors (Lipinski definition) is 1. The predicted octanol–water partition coefficient (Wildman–Crippen LogP) is 4.15. The van der Waals surface area contributed by atoms with Gasteiger partial charge in [-0.3, -0.25) is 0 Å². The van der Waals surface area contributed by atoms with Crippen LogP contribution in [0.15, 0.2) is 24.3 Å². The van der Waals surface area contributed by atoms with E-state index in [1.54, 1.807) is 12.1 Å². The molecular formula is C15H22FNS. The first-order chi connectivity index (χ1) is 8.74. The van der Waals surface area contributed by atoms with E-state index in [0.29, 0.717) is 11.3 Å². The van der Waals surface area contributed by atoms with Crippen LogP contribution >= 0.6 is 11.8 Å². The van der Waals surface area contributed by atoms with Crippen molar-refractivity contribution in [2.45, 2.75) is 49.9 Å². The molecule has 0 bridgehead atoms. The smallest absolute Gasteiger partial charge is 0.123 e. The highest BCUT2D eigenvalue weighted by Gasteiger charge is 2.28. The lowest BCUT2D eigenvalue weighted by Crippen LogP contribution is -2.36. The average Bonchev–Trinajstić information content (AvgIpc) is 2.83. The van der Waals surface area contributed by atoms with Crippen LogP contribution in [0.5, 0.6) is 0 Å². The standard InChI is InChI=1S/C15H22FNS/c1-3-13(11-6-4-7-12(16)10-11)17-14-8-5-9-15(14)18-2/h4,6-7,10,13-15,17H,3,5,8-9H2,1-2H3. The second-order valence-corrected chi connectivity index (χ2v) is 6.07. The third kappa shape index (κ3) is 3.27. The summed E-state index contributed by atoms with van der Waals surface area (Å²) >= 11 is 1.95. The van der Waals surface area contributed by atoms with Crippen LogP contribution in [0.4, 0.5) is 4.39 Å². The first kappa shape index (κ1) is 13.9. The molecule has 3 atom stereocenters. The van der Waals surface area contributed by atoms with E-state index in [4.69, 9.17) is 0 Å². The molecule has 2 rings (SSSR count). The van der Waals surface area contributed by atoms with Crippen molar-refractivity contribution >= 4 is 11.8 Å². The van der Waals surface area contributed by atoms with Crippen LogP contribution in [-0.4, -0.2) is 17.5 Å². The number of nitrogens with one attached hydrogen (secondary N) is 1. The van der Waals surface area contributed by atoms with Crippen LogP contribution in [-0.2, 0) is 0 Å². The van der Waals surface area contributed by atoms with E-state index in [-0.39, 0.29) is 11.9 Å². The molecule has 100 valence electrons. The first-order valence-electron chi connectivity index (χ1n) is 6.79. The normalized spacial score (nSPS) is 25.3. The van der Waals surface area contributed by atoms with E-state index in [2.05, 4.69) is 18.5 Å². The highest BCUT2D eigenvalue weighted by atomic mass is 32.2. The molecule has 0 spiro atoms. The summed E-state index contributed by atoms with van der Waals surface area (Å²) in [4.78, 5) is 0. The number of halogens is 1. The van der Waals surface area contributed by atoms with Crippen LogP contribution < -0.4 is 5.32 Å². The van der Waals surface area contributed by atoms with E-state index >= 15 is 0 Å². The average molecular weight is 267 g/mol. The third-order valence-electron chi connectivity index (χ3n) is 3.83.